The number of likely N-dealkylation sites (tertiary alicyclic amines) is 1. The lowest BCUT2D eigenvalue weighted by Crippen LogP contribution is -2.35. The lowest BCUT2D eigenvalue weighted by Gasteiger charge is -2.24. The minimum atomic E-state index is -0.503. The Morgan fingerprint density at radius 1 is 1.37 bits per heavy atom. The first kappa shape index (κ1) is 21.8. The molecule has 0 aromatic carbocycles. The Bertz CT molecular complexity index is 887. The molecule has 0 radical (unpaired) electrons. The molecule has 0 saturated carbocycles. The van der Waals surface area contributed by atoms with E-state index in [1.54, 1.807) is 24.0 Å². The van der Waals surface area contributed by atoms with E-state index in [1.807, 2.05) is 20.8 Å². The molecule has 2 amide bonds. The van der Waals surface area contributed by atoms with E-state index >= 15 is 0 Å². The molecule has 0 spiro atoms. The molecule has 2 aromatic heterocycles. The van der Waals surface area contributed by atoms with Crippen molar-refractivity contribution in [3.05, 3.63) is 29.6 Å². The standard InChI is InChI=1S/C20H27N5O4S/c1-12-16(17(21)30-24-12)18(26)23-14-5-6-15(22-9-14)28-11-13-7-8-25(10-13)19(27)29-20(2,3)4/h5-6,9,13H,7-8,10-11,21H2,1-4H3,(H,23,26). The molecule has 0 bridgehead atoms. The van der Waals surface area contributed by atoms with Gasteiger partial charge in [-0.1, -0.05) is 0 Å². The molecule has 10 heteroatoms. The fraction of sp³-hybridized carbons (Fsp3) is 0.500. The highest BCUT2D eigenvalue weighted by Crippen LogP contribution is 2.23. The summed E-state index contributed by atoms with van der Waals surface area (Å²) in [5, 5.41) is 3.14. The number of hydrogen-bond donors (Lipinski definition) is 2. The number of nitrogens with zero attached hydrogens (tertiary/aromatic N) is 3. The largest absolute Gasteiger partial charge is 0.477 e. The molecule has 9 nitrogen and oxygen atoms in total. The van der Waals surface area contributed by atoms with Crippen LogP contribution in [0.15, 0.2) is 18.3 Å². The van der Waals surface area contributed by atoms with Crippen molar-refractivity contribution in [1.29, 1.82) is 0 Å². The quantitative estimate of drug-likeness (QED) is 0.742. The molecule has 2 aromatic rings. The summed E-state index contributed by atoms with van der Waals surface area (Å²) in [7, 11) is 0. The van der Waals surface area contributed by atoms with E-state index in [-0.39, 0.29) is 17.9 Å². The number of hydrogen-bond acceptors (Lipinski definition) is 8. The van der Waals surface area contributed by atoms with Crippen molar-refractivity contribution in [3.63, 3.8) is 0 Å². The fourth-order valence-electron chi connectivity index (χ4n) is 3.06. The number of anilines is 2. The monoisotopic (exact) mass is 433 g/mol. The Balaban J connectivity index is 1.47. The lowest BCUT2D eigenvalue weighted by molar-refractivity contribution is 0.0284. The molecule has 1 atom stereocenters. The number of pyridine rings is 1. The Labute approximate surface area is 179 Å². The van der Waals surface area contributed by atoms with Gasteiger partial charge in [0.2, 0.25) is 5.88 Å². The zero-order valence-corrected chi connectivity index (χ0v) is 18.4. The third kappa shape index (κ3) is 5.59. The van der Waals surface area contributed by atoms with Crippen LogP contribution in [0.4, 0.5) is 15.5 Å². The van der Waals surface area contributed by atoms with E-state index in [0.29, 0.717) is 47.5 Å². The van der Waals surface area contributed by atoms with Gasteiger partial charge in [-0.2, -0.15) is 4.37 Å². The summed E-state index contributed by atoms with van der Waals surface area (Å²) in [6.45, 7) is 9.00. The summed E-state index contributed by atoms with van der Waals surface area (Å²) in [6.07, 6.45) is 2.09. The number of aryl methyl sites for hydroxylation is 1. The average molecular weight is 434 g/mol. The van der Waals surface area contributed by atoms with Gasteiger partial charge in [0.05, 0.1) is 29.7 Å². The Hall–Kier alpha value is -2.88. The number of amides is 2. The molecule has 162 valence electrons. The molecular weight excluding hydrogens is 406 g/mol. The zero-order chi connectivity index (χ0) is 21.9. The predicted molar refractivity (Wildman–Crippen MR) is 115 cm³/mol. The number of nitrogen functional groups attached to an aromatic ring is 1. The van der Waals surface area contributed by atoms with Gasteiger partial charge >= 0.3 is 6.09 Å². The molecule has 0 aliphatic carbocycles. The molecule has 1 aliphatic rings. The molecule has 3 N–H and O–H groups in total. The number of nitrogens with two attached hydrogens (primary N) is 1. The third-order valence-corrected chi connectivity index (χ3v) is 5.28. The molecule has 1 unspecified atom stereocenters. The van der Waals surface area contributed by atoms with E-state index in [9.17, 15) is 9.59 Å². The fourth-order valence-corrected chi connectivity index (χ4v) is 3.72. The molecule has 1 fully saturated rings. The first-order chi connectivity index (χ1) is 14.1. The number of rotatable bonds is 5. The van der Waals surface area contributed by atoms with Crippen LogP contribution < -0.4 is 15.8 Å². The molecule has 3 rings (SSSR count). The second-order valence-corrected chi connectivity index (χ2v) is 9.04. The zero-order valence-electron chi connectivity index (χ0n) is 17.6. The summed E-state index contributed by atoms with van der Waals surface area (Å²) in [4.78, 5) is 30.4. The average Bonchev–Trinajstić information content (AvgIpc) is 3.26. The second-order valence-electron chi connectivity index (χ2n) is 8.24. The predicted octanol–water partition coefficient (Wildman–Crippen LogP) is 3.32. The SMILES string of the molecule is Cc1nsc(N)c1C(=O)Nc1ccc(OCC2CCN(C(=O)OC(C)(C)C)C2)nc1. The first-order valence-electron chi connectivity index (χ1n) is 9.72. The topological polar surface area (TPSA) is 120 Å². The Morgan fingerprint density at radius 3 is 2.73 bits per heavy atom. The van der Waals surface area contributed by atoms with Crippen LogP contribution in [-0.4, -0.2) is 51.6 Å². The van der Waals surface area contributed by atoms with Gasteiger partial charge in [0, 0.05) is 25.1 Å². The van der Waals surface area contributed by atoms with Crippen LogP contribution in [0.1, 0.15) is 43.2 Å². The van der Waals surface area contributed by atoms with Gasteiger partial charge in [-0.3, -0.25) is 4.79 Å². The van der Waals surface area contributed by atoms with Crippen LogP contribution in [0, 0.1) is 12.8 Å². The normalized spacial score (nSPS) is 16.4. The Kier molecular flexibility index (Phi) is 6.45. The molecule has 1 aliphatic heterocycles. The van der Waals surface area contributed by atoms with Crippen LogP contribution in [0.2, 0.25) is 0 Å². The van der Waals surface area contributed by atoms with E-state index in [4.69, 9.17) is 15.2 Å². The lowest BCUT2D eigenvalue weighted by atomic mass is 10.1. The molecular formula is C20H27N5O4S. The van der Waals surface area contributed by atoms with E-state index in [0.717, 1.165) is 18.0 Å². The van der Waals surface area contributed by atoms with Crippen molar-refractivity contribution in [1.82, 2.24) is 14.3 Å². The van der Waals surface area contributed by atoms with E-state index in [1.165, 1.54) is 6.20 Å². The number of aromatic nitrogens is 2. The first-order valence-corrected chi connectivity index (χ1v) is 10.5. The maximum Gasteiger partial charge on any atom is 0.410 e. The molecule has 3 heterocycles. The second kappa shape index (κ2) is 8.86. The van der Waals surface area contributed by atoms with Crippen molar-refractivity contribution in [2.75, 3.05) is 30.7 Å². The summed E-state index contributed by atoms with van der Waals surface area (Å²) in [6, 6.07) is 3.41. The number of carbonyl (C=O) groups excluding carboxylic acids is 2. The summed E-state index contributed by atoms with van der Waals surface area (Å²) in [5.74, 6) is 0.356. The highest BCUT2D eigenvalue weighted by molar-refractivity contribution is 7.10. The smallest absolute Gasteiger partial charge is 0.410 e. The van der Waals surface area contributed by atoms with Crippen LogP contribution in [0.5, 0.6) is 5.88 Å². The van der Waals surface area contributed by atoms with Gasteiger partial charge in [-0.15, -0.1) is 0 Å². The number of ether oxygens (including phenoxy) is 2. The van der Waals surface area contributed by atoms with Crippen LogP contribution >= 0.6 is 11.5 Å². The molecule has 1 saturated heterocycles. The Morgan fingerprint density at radius 2 is 2.13 bits per heavy atom. The maximum atomic E-state index is 12.3. The van der Waals surface area contributed by atoms with Crippen molar-refractivity contribution in [2.45, 2.75) is 39.7 Å². The van der Waals surface area contributed by atoms with Gasteiger partial charge in [-0.05, 0) is 51.7 Å². The van der Waals surface area contributed by atoms with Crippen molar-refractivity contribution in [3.8, 4) is 5.88 Å². The number of nitrogens with one attached hydrogen (secondary N) is 1. The summed E-state index contributed by atoms with van der Waals surface area (Å²) >= 11 is 1.09. The van der Waals surface area contributed by atoms with E-state index in [2.05, 4.69) is 14.7 Å². The van der Waals surface area contributed by atoms with Crippen molar-refractivity contribution in [2.24, 2.45) is 5.92 Å². The highest BCUT2D eigenvalue weighted by Gasteiger charge is 2.30. The van der Waals surface area contributed by atoms with Crippen molar-refractivity contribution < 1.29 is 19.1 Å². The maximum absolute atomic E-state index is 12.3. The summed E-state index contributed by atoms with van der Waals surface area (Å²) in [5.41, 5.74) is 6.82. The highest BCUT2D eigenvalue weighted by atomic mass is 32.1. The van der Waals surface area contributed by atoms with Crippen LogP contribution in [-0.2, 0) is 4.74 Å². The summed E-state index contributed by atoms with van der Waals surface area (Å²) < 4.78 is 15.2. The van der Waals surface area contributed by atoms with Gasteiger partial charge in [0.1, 0.15) is 10.6 Å². The van der Waals surface area contributed by atoms with Gasteiger partial charge in [-0.25, -0.2) is 9.78 Å². The van der Waals surface area contributed by atoms with Gasteiger partial charge in [0.15, 0.2) is 0 Å². The number of carbonyl (C=O) groups is 2. The molecule has 30 heavy (non-hydrogen) atoms. The van der Waals surface area contributed by atoms with Crippen LogP contribution in [0.3, 0.4) is 0 Å². The van der Waals surface area contributed by atoms with Crippen LogP contribution in [0.25, 0.3) is 0 Å². The minimum absolute atomic E-state index is 0.218. The minimum Gasteiger partial charge on any atom is -0.477 e. The third-order valence-electron chi connectivity index (χ3n) is 4.51. The van der Waals surface area contributed by atoms with Gasteiger partial charge < -0.3 is 25.4 Å². The van der Waals surface area contributed by atoms with E-state index < -0.39 is 5.60 Å². The van der Waals surface area contributed by atoms with Gasteiger partial charge in [0.25, 0.3) is 5.91 Å². The van der Waals surface area contributed by atoms with Crippen molar-refractivity contribution >= 4 is 34.2 Å².